The fourth-order valence-electron chi connectivity index (χ4n) is 0.455. The van der Waals surface area contributed by atoms with E-state index in [1.807, 2.05) is 0 Å². The molecule has 0 spiro atoms. The van der Waals surface area contributed by atoms with Crippen LogP contribution in [0, 0.1) is 0 Å². The Morgan fingerprint density at radius 3 is 1.89 bits per heavy atom. The minimum absolute atomic E-state index is 0.473. The molecule has 0 bridgehead atoms. The molecule has 9 heavy (non-hydrogen) atoms. The molecule has 0 saturated carbocycles. The van der Waals surface area contributed by atoms with Crippen LogP contribution >= 0.6 is 28.3 Å². The van der Waals surface area contributed by atoms with Gasteiger partial charge in [0.25, 0.3) is 10.6 Å². The molecule has 1 aromatic heterocycles. The molecule has 0 aromatic carbocycles. The molecular formula is C4H4O2P2S+2. The molecule has 46 valence electrons. The second-order valence-corrected chi connectivity index (χ2v) is 3.63. The summed E-state index contributed by atoms with van der Waals surface area (Å²) < 4.78 is 20.5. The van der Waals surface area contributed by atoms with E-state index < -0.39 is 16.9 Å². The maximum Gasteiger partial charge on any atom is 0.368 e. The van der Waals surface area contributed by atoms with Crippen LogP contribution in [0.25, 0.3) is 0 Å². The summed E-state index contributed by atoms with van der Waals surface area (Å²) in [4.78, 5) is 0. The third kappa shape index (κ3) is 1.42. The third-order valence-corrected chi connectivity index (χ3v) is 3.56. The van der Waals surface area contributed by atoms with Crippen LogP contribution in [0.3, 0.4) is 0 Å². The van der Waals surface area contributed by atoms with Gasteiger partial charge in [0.2, 0.25) is 0 Å². The topological polar surface area (TPSA) is 34.1 Å². The van der Waals surface area contributed by atoms with E-state index in [-0.39, 0.29) is 0 Å². The van der Waals surface area contributed by atoms with Crippen molar-refractivity contribution in [2.24, 2.45) is 0 Å². The smallest absolute Gasteiger partial charge is 0.143 e. The van der Waals surface area contributed by atoms with Crippen LogP contribution in [-0.2, 0) is 9.13 Å². The highest BCUT2D eigenvalue weighted by Crippen LogP contribution is 2.04. The van der Waals surface area contributed by atoms with E-state index in [1.54, 1.807) is 10.8 Å². The summed E-state index contributed by atoms with van der Waals surface area (Å²) in [6.07, 6.45) is 0. The zero-order valence-corrected chi connectivity index (χ0v) is 7.20. The zero-order valence-electron chi connectivity index (χ0n) is 4.38. The van der Waals surface area contributed by atoms with Crippen LogP contribution in [0.2, 0.25) is 0 Å². The van der Waals surface area contributed by atoms with Crippen LogP contribution in [-0.4, -0.2) is 0 Å². The van der Waals surface area contributed by atoms with Gasteiger partial charge in [-0.05, 0) is 0 Å². The summed E-state index contributed by atoms with van der Waals surface area (Å²) in [5, 5.41) is 4.92. The molecule has 1 aromatic rings. The van der Waals surface area contributed by atoms with Crippen molar-refractivity contribution in [2.45, 2.75) is 0 Å². The third-order valence-electron chi connectivity index (χ3n) is 0.882. The first-order valence-electron chi connectivity index (χ1n) is 2.21. The van der Waals surface area contributed by atoms with Crippen LogP contribution < -0.4 is 10.6 Å². The van der Waals surface area contributed by atoms with E-state index in [4.69, 9.17) is 0 Å². The summed E-state index contributed by atoms with van der Waals surface area (Å²) in [6, 6.07) is 0. The maximum atomic E-state index is 10.3. The lowest BCUT2D eigenvalue weighted by Crippen LogP contribution is -2.04. The van der Waals surface area contributed by atoms with Crippen molar-refractivity contribution in [2.75, 3.05) is 0 Å². The van der Waals surface area contributed by atoms with E-state index in [9.17, 15) is 9.13 Å². The number of hydrogen-bond donors (Lipinski definition) is 0. The molecule has 0 aliphatic rings. The Hall–Kier alpha value is -0.100. The molecule has 0 radical (unpaired) electrons. The van der Waals surface area contributed by atoms with Crippen molar-refractivity contribution in [3.8, 4) is 0 Å². The summed E-state index contributed by atoms with van der Waals surface area (Å²) in [6.45, 7) is 0. The molecule has 0 fully saturated rings. The molecule has 0 amide bonds. The molecule has 2 atom stereocenters. The van der Waals surface area contributed by atoms with Crippen molar-refractivity contribution in [3.05, 3.63) is 10.8 Å². The normalized spacial score (nSPS) is 10.7. The monoisotopic (exact) mass is 178 g/mol. The Morgan fingerprint density at radius 1 is 1.11 bits per heavy atom. The van der Waals surface area contributed by atoms with Gasteiger partial charge in [-0.25, -0.2) is 0 Å². The summed E-state index contributed by atoms with van der Waals surface area (Å²) in [7, 11) is -0.945. The van der Waals surface area contributed by atoms with Crippen LogP contribution in [0.5, 0.6) is 0 Å². The minimum atomic E-state index is -0.473. The van der Waals surface area contributed by atoms with Crippen LogP contribution in [0.4, 0.5) is 0 Å². The van der Waals surface area contributed by atoms with Gasteiger partial charge in [-0.1, -0.05) is 9.13 Å². The van der Waals surface area contributed by atoms with Gasteiger partial charge in [0.15, 0.2) is 0 Å². The highest BCUT2D eigenvalue weighted by molar-refractivity contribution is 7.44. The molecule has 0 aliphatic carbocycles. The fourth-order valence-corrected chi connectivity index (χ4v) is 2.72. The largest absolute Gasteiger partial charge is 0.368 e. The lowest BCUT2D eigenvalue weighted by atomic mass is 10.7. The Kier molecular flexibility index (Phi) is 2.47. The van der Waals surface area contributed by atoms with Crippen LogP contribution in [0.1, 0.15) is 0 Å². The van der Waals surface area contributed by atoms with Gasteiger partial charge in [-0.2, -0.15) is 0 Å². The van der Waals surface area contributed by atoms with Crippen LogP contribution in [0.15, 0.2) is 10.8 Å². The first-order valence-corrected chi connectivity index (χ1v) is 4.97. The molecule has 2 nitrogen and oxygen atoms in total. The van der Waals surface area contributed by atoms with Crippen molar-refractivity contribution in [1.82, 2.24) is 0 Å². The summed E-state index contributed by atoms with van der Waals surface area (Å²) in [5.74, 6) is 0. The molecule has 5 heteroatoms. The number of rotatable bonds is 2. The van der Waals surface area contributed by atoms with E-state index in [0.29, 0.717) is 10.6 Å². The first-order chi connectivity index (χ1) is 4.38. The Bertz CT molecular complexity index is 210. The summed E-state index contributed by atoms with van der Waals surface area (Å²) in [5.41, 5.74) is 0. The van der Waals surface area contributed by atoms with Gasteiger partial charge in [-0.3, -0.25) is 0 Å². The molecule has 0 N–H and O–H groups in total. The Balaban J connectivity index is 3.12. The van der Waals surface area contributed by atoms with Gasteiger partial charge < -0.3 is 0 Å². The summed E-state index contributed by atoms with van der Waals surface area (Å²) >= 11 is 1.43. The van der Waals surface area contributed by atoms with Crippen molar-refractivity contribution in [1.29, 1.82) is 0 Å². The molecular weight excluding hydrogens is 174 g/mol. The van der Waals surface area contributed by atoms with Gasteiger partial charge in [-0.15, -0.1) is 11.3 Å². The lowest BCUT2D eigenvalue weighted by Gasteiger charge is -1.59. The van der Waals surface area contributed by atoms with Crippen molar-refractivity contribution >= 4 is 38.9 Å². The molecule has 1 heterocycles. The zero-order chi connectivity index (χ0) is 6.69. The van der Waals surface area contributed by atoms with E-state index in [2.05, 4.69) is 0 Å². The van der Waals surface area contributed by atoms with E-state index in [0.717, 1.165) is 0 Å². The van der Waals surface area contributed by atoms with E-state index >= 15 is 0 Å². The second-order valence-electron chi connectivity index (χ2n) is 1.40. The standard InChI is InChI=1S/C4H2O2P2S/c5-7-3-1-9-2-4(3)8-6/h1-2H/p+2. The number of hydrogen-bond acceptors (Lipinski definition) is 3. The van der Waals surface area contributed by atoms with Gasteiger partial charge >= 0.3 is 16.9 Å². The van der Waals surface area contributed by atoms with Gasteiger partial charge in [0.1, 0.15) is 0 Å². The van der Waals surface area contributed by atoms with Gasteiger partial charge in [0.05, 0.1) is 0 Å². The van der Waals surface area contributed by atoms with Crippen molar-refractivity contribution in [3.63, 3.8) is 0 Å². The first kappa shape index (κ1) is 7.01. The Morgan fingerprint density at radius 2 is 1.56 bits per heavy atom. The second kappa shape index (κ2) is 3.17. The maximum absolute atomic E-state index is 10.3. The number of thiophene rings is 1. The predicted molar refractivity (Wildman–Crippen MR) is 41.6 cm³/mol. The quantitative estimate of drug-likeness (QED) is 0.634. The highest BCUT2D eigenvalue weighted by atomic mass is 32.1. The van der Waals surface area contributed by atoms with Crippen molar-refractivity contribution < 1.29 is 9.13 Å². The Labute approximate surface area is 59.3 Å². The van der Waals surface area contributed by atoms with E-state index in [1.165, 1.54) is 11.3 Å². The predicted octanol–water partition coefficient (Wildman–Crippen LogP) is 1.05. The lowest BCUT2D eigenvalue weighted by molar-refractivity contribution is 0.601. The highest BCUT2D eigenvalue weighted by Gasteiger charge is 2.15. The molecule has 0 aliphatic heterocycles. The minimum Gasteiger partial charge on any atom is -0.143 e. The SMILES string of the molecule is O=[PH+]c1cscc1[PH+]=O. The average Bonchev–Trinajstić information content (AvgIpc) is 2.33. The average molecular weight is 178 g/mol. The molecule has 2 unspecified atom stereocenters. The fraction of sp³-hybridized carbons (Fsp3) is 0. The van der Waals surface area contributed by atoms with Gasteiger partial charge in [0, 0.05) is 10.8 Å². The molecule has 1 rings (SSSR count). The molecule has 0 saturated heterocycles.